The van der Waals surface area contributed by atoms with Crippen molar-refractivity contribution in [3.63, 3.8) is 0 Å². The molecule has 7 nitrogen and oxygen atoms in total. The highest BCUT2D eigenvalue weighted by Gasteiger charge is 2.17. The van der Waals surface area contributed by atoms with E-state index >= 15 is 0 Å². The van der Waals surface area contributed by atoms with E-state index in [1.54, 1.807) is 24.4 Å². The molecule has 1 amide bonds. The third-order valence-corrected chi connectivity index (χ3v) is 3.38. The number of carbonyl (C=O) groups is 1. The molecule has 0 bridgehead atoms. The van der Waals surface area contributed by atoms with Crippen LogP contribution in [0.4, 0.5) is 11.5 Å². The molecule has 0 unspecified atom stereocenters. The second-order valence-electron chi connectivity index (χ2n) is 5.60. The summed E-state index contributed by atoms with van der Waals surface area (Å²) in [5, 5.41) is 5.99. The summed E-state index contributed by atoms with van der Waals surface area (Å²) in [5.41, 5.74) is 0.979. The molecule has 1 aromatic heterocycles. The lowest BCUT2D eigenvalue weighted by molar-refractivity contribution is 0.102. The van der Waals surface area contributed by atoms with Gasteiger partial charge in [0, 0.05) is 11.6 Å². The van der Waals surface area contributed by atoms with Crippen LogP contribution in [0.2, 0.25) is 0 Å². The first-order valence-corrected chi connectivity index (χ1v) is 7.82. The Bertz CT molecular complexity index is 705. The number of ether oxygens (including phenoxy) is 3. The third kappa shape index (κ3) is 4.53. The fraction of sp³-hybridized carbons (Fsp3) is 0.333. The standard InChI is InChI=1S/C18H23N3O4/c1-11(2)20-16-7-6-13(10-19-16)21-18(22)12-8-14(23-3)17(25-5)15(9-12)24-4/h6-11H,1-5H3,(H,19,20)(H,21,22). The van der Waals surface area contributed by atoms with E-state index in [2.05, 4.69) is 15.6 Å². The van der Waals surface area contributed by atoms with E-state index in [1.807, 2.05) is 19.9 Å². The van der Waals surface area contributed by atoms with E-state index in [-0.39, 0.29) is 11.9 Å². The fourth-order valence-electron chi connectivity index (χ4n) is 2.26. The maximum atomic E-state index is 12.5. The summed E-state index contributed by atoms with van der Waals surface area (Å²) in [6, 6.07) is 7.07. The molecule has 0 fully saturated rings. The van der Waals surface area contributed by atoms with Crippen LogP contribution in [0.15, 0.2) is 30.5 Å². The Labute approximate surface area is 147 Å². The normalized spacial score (nSPS) is 10.3. The molecule has 2 aromatic rings. The van der Waals surface area contributed by atoms with Crippen molar-refractivity contribution >= 4 is 17.4 Å². The third-order valence-electron chi connectivity index (χ3n) is 3.38. The Hall–Kier alpha value is -2.96. The van der Waals surface area contributed by atoms with Crippen LogP contribution >= 0.6 is 0 Å². The van der Waals surface area contributed by atoms with Gasteiger partial charge in [-0.2, -0.15) is 0 Å². The second-order valence-corrected chi connectivity index (χ2v) is 5.60. The van der Waals surface area contributed by atoms with Crippen LogP contribution < -0.4 is 24.8 Å². The molecule has 0 saturated carbocycles. The number of aromatic nitrogens is 1. The zero-order valence-corrected chi connectivity index (χ0v) is 15.0. The summed E-state index contributed by atoms with van der Waals surface area (Å²) >= 11 is 0. The van der Waals surface area contributed by atoms with Gasteiger partial charge >= 0.3 is 0 Å². The highest BCUT2D eigenvalue weighted by atomic mass is 16.5. The quantitative estimate of drug-likeness (QED) is 0.802. The van der Waals surface area contributed by atoms with Gasteiger partial charge in [-0.05, 0) is 38.1 Å². The Morgan fingerprint density at radius 1 is 1.04 bits per heavy atom. The van der Waals surface area contributed by atoms with Crippen LogP contribution in [0.5, 0.6) is 17.2 Å². The maximum absolute atomic E-state index is 12.5. The van der Waals surface area contributed by atoms with Gasteiger partial charge in [0.25, 0.3) is 5.91 Å². The summed E-state index contributed by atoms with van der Waals surface area (Å²) in [4.78, 5) is 16.8. The van der Waals surface area contributed by atoms with Crippen LogP contribution in [0.25, 0.3) is 0 Å². The predicted molar refractivity (Wildman–Crippen MR) is 97.0 cm³/mol. The number of benzene rings is 1. The summed E-state index contributed by atoms with van der Waals surface area (Å²) in [7, 11) is 4.52. The molecule has 7 heteroatoms. The Morgan fingerprint density at radius 3 is 2.12 bits per heavy atom. The van der Waals surface area contributed by atoms with Crippen LogP contribution in [0.1, 0.15) is 24.2 Å². The van der Waals surface area contributed by atoms with E-state index in [4.69, 9.17) is 14.2 Å². The van der Waals surface area contributed by atoms with Gasteiger partial charge < -0.3 is 24.8 Å². The highest BCUT2D eigenvalue weighted by Crippen LogP contribution is 2.38. The Morgan fingerprint density at radius 2 is 1.68 bits per heavy atom. The minimum Gasteiger partial charge on any atom is -0.493 e. The Balaban J connectivity index is 2.20. The van der Waals surface area contributed by atoms with Gasteiger partial charge in [-0.3, -0.25) is 4.79 Å². The number of pyridine rings is 1. The van der Waals surface area contributed by atoms with Crippen molar-refractivity contribution in [2.75, 3.05) is 32.0 Å². The summed E-state index contributed by atoms with van der Waals surface area (Å²) in [5.74, 6) is 1.72. The molecule has 2 rings (SSSR count). The number of anilines is 2. The lowest BCUT2D eigenvalue weighted by Crippen LogP contribution is -2.14. The molecular formula is C18H23N3O4. The van der Waals surface area contributed by atoms with Crippen molar-refractivity contribution in [1.82, 2.24) is 4.98 Å². The maximum Gasteiger partial charge on any atom is 0.255 e. The lowest BCUT2D eigenvalue weighted by atomic mass is 10.1. The van der Waals surface area contributed by atoms with Crippen LogP contribution in [0, 0.1) is 0 Å². The van der Waals surface area contributed by atoms with Gasteiger partial charge in [-0.1, -0.05) is 0 Å². The number of rotatable bonds is 7. The Kier molecular flexibility index (Phi) is 6.05. The summed E-state index contributed by atoms with van der Waals surface area (Å²) < 4.78 is 15.8. The minimum atomic E-state index is -0.300. The van der Waals surface area contributed by atoms with Gasteiger partial charge in [-0.25, -0.2) is 4.98 Å². The summed E-state index contributed by atoms with van der Waals surface area (Å²) in [6.45, 7) is 4.06. The van der Waals surface area contributed by atoms with Gasteiger partial charge in [0.15, 0.2) is 11.5 Å². The van der Waals surface area contributed by atoms with Crippen molar-refractivity contribution in [3.05, 3.63) is 36.0 Å². The molecule has 25 heavy (non-hydrogen) atoms. The van der Waals surface area contributed by atoms with Gasteiger partial charge in [-0.15, -0.1) is 0 Å². The number of nitrogens with zero attached hydrogens (tertiary/aromatic N) is 1. The highest BCUT2D eigenvalue weighted by molar-refractivity contribution is 6.05. The number of amides is 1. The topological polar surface area (TPSA) is 81.7 Å². The molecule has 1 heterocycles. The molecule has 0 aliphatic heterocycles. The van der Waals surface area contributed by atoms with E-state index in [1.165, 1.54) is 21.3 Å². The van der Waals surface area contributed by atoms with Crippen molar-refractivity contribution in [2.45, 2.75) is 19.9 Å². The smallest absolute Gasteiger partial charge is 0.255 e. The van der Waals surface area contributed by atoms with Crippen molar-refractivity contribution < 1.29 is 19.0 Å². The zero-order valence-electron chi connectivity index (χ0n) is 15.0. The molecule has 1 aromatic carbocycles. The minimum absolute atomic E-state index is 0.284. The first kappa shape index (κ1) is 18.4. The van der Waals surface area contributed by atoms with Crippen molar-refractivity contribution in [1.29, 1.82) is 0 Å². The monoisotopic (exact) mass is 345 g/mol. The van der Waals surface area contributed by atoms with E-state index in [9.17, 15) is 4.79 Å². The lowest BCUT2D eigenvalue weighted by Gasteiger charge is -2.14. The average Bonchev–Trinajstić information content (AvgIpc) is 2.61. The fourth-order valence-corrected chi connectivity index (χ4v) is 2.26. The molecule has 0 saturated heterocycles. The molecular weight excluding hydrogens is 322 g/mol. The number of carbonyl (C=O) groups excluding carboxylic acids is 1. The van der Waals surface area contributed by atoms with E-state index in [0.29, 0.717) is 28.5 Å². The first-order chi connectivity index (χ1) is 12.0. The number of methoxy groups -OCH3 is 3. The van der Waals surface area contributed by atoms with Crippen molar-refractivity contribution in [2.24, 2.45) is 0 Å². The average molecular weight is 345 g/mol. The predicted octanol–water partition coefficient (Wildman–Crippen LogP) is 3.18. The first-order valence-electron chi connectivity index (χ1n) is 7.82. The second kappa shape index (κ2) is 8.23. The molecule has 0 atom stereocenters. The molecule has 0 spiro atoms. The van der Waals surface area contributed by atoms with E-state index in [0.717, 1.165) is 5.82 Å². The van der Waals surface area contributed by atoms with Gasteiger partial charge in [0.2, 0.25) is 5.75 Å². The van der Waals surface area contributed by atoms with Gasteiger partial charge in [0.1, 0.15) is 5.82 Å². The molecule has 2 N–H and O–H groups in total. The SMILES string of the molecule is COc1cc(C(=O)Nc2ccc(NC(C)C)nc2)cc(OC)c1OC. The molecule has 0 aliphatic rings. The summed E-state index contributed by atoms with van der Waals surface area (Å²) in [6.07, 6.45) is 1.60. The largest absolute Gasteiger partial charge is 0.493 e. The zero-order chi connectivity index (χ0) is 18.4. The number of nitrogens with one attached hydrogen (secondary N) is 2. The molecule has 0 aliphatic carbocycles. The number of hydrogen-bond donors (Lipinski definition) is 2. The van der Waals surface area contributed by atoms with E-state index < -0.39 is 0 Å². The van der Waals surface area contributed by atoms with Gasteiger partial charge in [0.05, 0.1) is 33.2 Å². The van der Waals surface area contributed by atoms with Crippen LogP contribution in [-0.4, -0.2) is 38.3 Å². The molecule has 134 valence electrons. The number of hydrogen-bond acceptors (Lipinski definition) is 6. The van der Waals surface area contributed by atoms with Crippen LogP contribution in [-0.2, 0) is 0 Å². The van der Waals surface area contributed by atoms with Crippen molar-refractivity contribution in [3.8, 4) is 17.2 Å². The van der Waals surface area contributed by atoms with Crippen LogP contribution in [0.3, 0.4) is 0 Å². The molecule has 0 radical (unpaired) electrons.